The highest BCUT2D eigenvalue weighted by Gasteiger charge is 2.36. The molecule has 1 aliphatic heterocycles. The van der Waals surface area contributed by atoms with Crippen molar-refractivity contribution in [1.82, 2.24) is 9.21 Å². The van der Waals surface area contributed by atoms with Gasteiger partial charge in [0.2, 0.25) is 10.0 Å². The largest absolute Gasteiger partial charge is 0.497 e. The molecule has 1 aliphatic carbocycles. The van der Waals surface area contributed by atoms with Gasteiger partial charge in [0, 0.05) is 37.8 Å². The summed E-state index contributed by atoms with van der Waals surface area (Å²) in [4.78, 5) is 14.5. The van der Waals surface area contributed by atoms with Crippen molar-refractivity contribution in [3.8, 4) is 11.5 Å². The topological polar surface area (TPSA) is 76.2 Å². The maximum Gasteiger partial charge on any atom is 0.254 e. The smallest absolute Gasteiger partial charge is 0.254 e. The van der Waals surface area contributed by atoms with Gasteiger partial charge in [0.15, 0.2) is 0 Å². The fraction of sp³-hybridized carbons (Fsp3) is 0.611. The average molecular weight is 382 g/mol. The third-order valence-electron chi connectivity index (χ3n) is 5.21. The second-order valence-electron chi connectivity index (χ2n) is 6.74. The monoisotopic (exact) mass is 382 g/mol. The van der Waals surface area contributed by atoms with Crippen LogP contribution in [0.25, 0.3) is 0 Å². The van der Waals surface area contributed by atoms with E-state index in [1.807, 2.05) is 0 Å². The summed E-state index contributed by atoms with van der Waals surface area (Å²) in [6, 6.07) is 5.06. The normalized spacial score (nSPS) is 19.5. The number of ether oxygens (including phenoxy) is 2. The molecule has 2 fully saturated rings. The van der Waals surface area contributed by atoms with Crippen LogP contribution in [0.15, 0.2) is 18.2 Å². The number of carbonyl (C=O) groups is 1. The van der Waals surface area contributed by atoms with E-state index in [4.69, 9.17) is 9.47 Å². The quantitative estimate of drug-likeness (QED) is 0.775. The van der Waals surface area contributed by atoms with Crippen LogP contribution >= 0.6 is 0 Å². The molecule has 0 bridgehead atoms. The average Bonchev–Trinajstić information content (AvgIpc) is 3.22. The molecule has 7 nitrogen and oxygen atoms in total. The second-order valence-corrected chi connectivity index (χ2v) is 8.96. The number of sulfonamides is 1. The van der Waals surface area contributed by atoms with E-state index in [-0.39, 0.29) is 11.2 Å². The van der Waals surface area contributed by atoms with E-state index < -0.39 is 10.0 Å². The van der Waals surface area contributed by atoms with Crippen molar-refractivity contribution >= 4 is 15.9 Å². The molecule has 1 aromatic carbocycles. The number of nitrogens with zero attached hydrogens (tertiary/aromatic N) is 2. The van der Waals surface area contributed by atoms with Crippen molar-refractivity contribution < 1.29 is 22.7 Å². The van der Waals surface area contributed by atoms with Crippen LogP contribution in [-0.2, 0) is 10.0 Å². The summed E-state index contributed by atoms with van der Waals surface area (Å²) in [6.45, 7) is 1.49. The first-order chi connectivity index (χ1) is 12.5. The first-order valence-electron chi connectivity index (χ1n) is 8.97. The zero-order chi connectivity index (χ0) is 18.7. The van der Waals surface area contributed by atoms with Crippen LogP contribution in [0.1, 0.15) is 36.0 Å². The van der Waals surface area contributed by atoms with Crippen LogP contribution in [0.5, 0.6) is 11.5 Å². The molecule has 1 aromatic rings. The molecule has 1 heterocycles. The number of piperazine rings is 1. The molecule has 1 saturated carbocycles. The maximum absolute atomic E-state index is 12.8. The third kappa shape index (κ3) is 3.81. The molecule has 0 aromatic heterocycles. The van der Waals surface area contributed by atoms with E-state index >= 15 is 0 Å². The predicted octanol–water partition coefficient (Wildman–Crippen LogP) is 1.73. The Kier molecular flexibility index (Phi) is 5.72. The zero-order valence-corrected chi connectivity index (χ0v) is 16.1. The summed E-state index contributed by atoms with van der Waals surface area (Å²) in [6.07, 6.45) is 3.48. The van der Waals surface area contributed by atoms with Gasteiger partial charge in [-0.2, -0.15) is 4.31 Å². The van der Waals surface area contributed by atoms with Crippen LogP contribution in [0, 0.1) is 0 Å². The van der Waals surface area contributed by atoms with Crippen LogP contribution < -0.4 is 9.47 Å². The number of benzene rings is 1. The van der Waals surface area contributed by atoms with Gasteiger partial charge in [-0.05, 0) is 25.0 Å². The Bertz CT molecular complexity index is 729. The standard InChI is InChI=1S/C18H26N2O5S/c1-24-15-11-14(12-16(13-15)25-2)18(21)19-7-9-20(10-8-19)26(22,23)17-5-3-4-6-17/h11-13,17H,3-10H2,1-2H3. The lowest BCUT2D eigenvalue weighted by atomic mass is 10.1. The summed E-state index contributed by atoms with van der Waals surface area (Å²) in [7, 11) is -0.167. The van der Waals surface area contributed by atoms with E-state index in [0.29, 0.717) is 43.2 Å². The van der Waals surface area contributed by atoms with Crippen molar-refractivity contribution in [2.75, 3.05) is 40.4 Å². The fourth-order valence-corrected chi connectivity index (χ4v) is 5.68. The maximum atomic E-state index is 12.8. The predicted molar refractivity (Wildman–Crippen MR) is 98.2 cm³/mol. The fourth-order valence-electron chi connectivity index (χ4n) is 3.66. The molecule has 0 N–H and O–H groups in total. The van der Waals surface area contributed by atoms with Crippen LogP contribution in [0.2, 0.25) is 0 Å². The van der Waals surface area contributed by atoms with E-state index in [2.05, 4.69) is 0 Å². The summed E-state index contributed by atoms with van der Waals surface area (Å²) >= 11 is 0. The van der Waals surface area contributed by atoms with Crippen molar-refractivity contribution in [3.63, 3.8) is 0 Å². The van der Waals surface area contributed by atoms with Gasteiger partial charge in [0.1, 0.15) is 11.5 Å². The third-order valence-corrected chi connectivity index (χ3v) is 7.61. The Balaban J connectivity index is 1.67. The van der Waals surface area contributed by atoms with Crippen molar-refractivity contribution in [3.05, 3.63) is 23.8 Å². The summed E-state index contributed by atoms with van der Waals surface area (Å²) in [5.41, 5.74) is 0.480. The molecule has 0 atom stereocenters. The Morgan fingerprint density at radius 3 is 2.00 bits per heavy atom. The van der Waals surface area contributed by atoms with E-state index in [9.17, 15) is 13.2 Å². The molecule has 8 heteroatoms. The molecule has 144 valence electrons. The summed E-state index contributed by atoms with van der Waals surface area (Å²) in [5.74, 6) is 0.963. The number of rotatable bonds is 5. The Morgan fingerprint density at radius 2 is 1.50 bits per heavy atom. The molecular weight excluding hydrogens is 356 g/mol. The van der Waals surface area contributed by atoms with Gasteiger partial charge in [-0.15, -0.1) is 0 Å². The number of carbonyl (C=O) groups excluding carboxylic acids is 1. The summed E-state index contributed by atoms with van der Waals surface area (Å²) < 4.78 is 37.4. The highest BCUT2D eigenvalue weighted by atomic mass is 32.2. The highest BCUT2D eigenvalue weighted by molar-refractivity contribution is 7.89. The molecule has 0 unspecified atom stereocenters. The number of amides is 1. The molecule has 0 radical (unpaired) electrons. The Hall–Kier alpha value is -1.80. The minimum Gasteiger partial charge on any atom is -0.497 e. The van der Waals surface area contributed by atoms with Gasteiger partial charge in [0.25, 0.3) is 5.91 Å². The van der Waals surface area contributed by atoms with Gasteiger partial charge >= 0.3 is 0 Å². The molecule has 1 saturated heterocycles. The van der Waals surface area contributed by atoms with Gasteiger partial charge < -0.3 is 14.4 Å². The lowest BCUT2D eigenvalue weighted by molar-refractivity contribution is 0.0696. The van der Waals surface area contributed by atoms with Gasteiger partial charge in [-0.25, -0.2) is 8.42 Å². The molecular formula is C18H26N2O5S. The summed E-state index contributed by atoms with van der Waals surface area (Å²) in [5, 5.41) is -0.243. The first-order valence-corrected chi connectivity index (χ1v) is 10.5. The molecule has 3 rings (SSSR count). The second kappa shape index (κ2) is 7.84. The minimum atomic E-state index is -3.24. The molecule has 26 heavy (non-hydrogen) atoms. The van der Waals surface area contributed by atoms with Crippen molar-refractivity contribution in [1.29, 1.82) is 0 Å². The lowest BCUT2D eigenvalue weighted by Gasteiger charge is -2.35. The number of methoxy groups -OCH3 is 2. The van der Waals surface area contributed by atoms with Crippen molar-refractivity contribution in [2.45, 2.75) is 30.9 Å². The lowest BCUT2D eigenvalue weighted by Crippen LogP contribution is -2.52. The van der Waals surface area contributed by atoms with Gasteiger partial charge in [0.05, 0.1) is 19.5 Å². The van der Waals surface area contributed by atoms with E-state index in [0.717, 1.165) is 25.7 Å². The molecule has 0 spiro atoms. The molecule has 1 amide bonds. The van der Waals surface area contributed by atoms with E-state index in [1.54, 1.807) is 27.4 Å². The Morgan fingerprint density at radius 1 is 0.962 bits per heavy atom. The number of hydrogen-bond acceptors (Lipinski definition) is 5. The Labute approximate surface area is 154 Å². The number of hydrogen-bond donors (Lipinski definition) is 0. The highest BCUT2D eigenvalue weighted by Crippen LogP contribution is 2.28. The van der Waals surface area contributed by atoms with Crippen LogP contribution in [-0.4, -0.2) is 69.2 Å². The van der Waals surface area contributed by atoms with Crippen LogP contribution in [0.3, 0.4) is 0 Å². The zero-order valence-electron chi connectivity index (χ0n) is 15.3. The minimum absolute atomic E-state index is 0.139. The van der Waals surface area contributed by atoms with Gasteiger partial charge in [-0.3, -0.25) is 4.79 Å². The first kappa shape index (κ1) is 19.0. The van der Waals surface area contributed by atoms with Gasteiger partial charge in [-0.1, -0.05) is 12.8 Å². The SMILES string of the molecule is COc1cc(OC)cc(C(=O)N2CCN(S(=O)(=O)C3CCCC3)CC2)c1. The van der Waals surface area contributed by atoms with Crippen molar-refractivity contribution in [2.24, 2.45) is 0 Å². The molecule has 2 aliphatic rings. The van der Waals surface area contributed by atoms with Crippen LogP contribution in [0.4, 0.5) is 0 Å². The van der Waals surface area contributed by atoms with E-state index in [1.165, 1.54) is 14.2 Å².